The predicted octanol–water partition coefficient (Wildman–Crippen LogP) is 3.57. The van der Waals surface area contributed by atoms with Crippen LogP contribution in [0, 0.1) is 0 Å². The van der Waals surface area contributed by atoms with Crippen molar-refractivity contribution >= 4 is 33.3 Å². The second-order valence-electron chi connectivity index (χ2n) is 4.75. The summed E-state index contributed by atoms with van der Waals surface area (Å²) in [5.74, 6) is 1.39. The molecule has 0 spiro atoms. The lowest BCUT2D eigenvalue weighted by Crippen LogP contribution is -2.36. The van der Waals surface area contributed by atoms with Crippen LogP contribution in [0.4, 0.5) is 4.79 Å². The van der Waals surface area contributed by atoms with Gasteiger partial charge in [-0.1, -0.05) is 6.07 Å². The van der Waals surface area contributed by atoms with E-state index in [-0.39, 0.29) is 6.03 Å². The van der Waals surface area contributed by atoms with E-state index in [0.717, 1.165) is 20.6 Å². The number of rotatable bonds is 7. The number of urea groups is 1. The normalized spacial score (nSPS) is 10.2. The number of ether oxygens (including phenoxy) is 2. The Labute approximate surface area is 148 Å². The van der Waals surface area contributed by atoms with E-state index >= 15 is 0 Å². The van der Waals surface area contributed by atoms with E-state index in [0.29, 0.717) is 24.6 Å². The molecule has 23 heavy (non-hydrogen) atoms. The lowest BCUT2D eigenvalue weighted by Gasteiger charge is -2.10. The number of thiophene rings is 1. The van der Waals surface area contributed by atoms with E-state index in [1.807, 2.05) is 30.3 Å². The number of halogens is 1. The van der Waals surface area contributed by atoms with Crippen molar-refractivity contribution in [2.45, 2.75) is 13.0 Å². The summed E-state index contributed by atoms with van der Waals surface area (Å²) >= 11 is 5.01. The van der Waals surface area contributed by atoms with Gasteiger partial charge in [-0.15, -0.1) is 11.3 Å². The second kappa shape index (κ2) is 8.79. The maximum atomic E-state index is 11.8. The third-order valence-electron chi connectivity index (χ3n) is 3.20. The minimum Gasteiger partial charge on any atom is -0.493 e. The van der Waals surface area contributed by atoms with Gasteiger partial charge in [0.25, 0.3) is 0 Å². The average Bonchev–Trinajstić information content (AvgIpc) is 2.98. The summed E-state index contributed by atoms with van der Waals surface area (Å²) in [4.78, 5) is 12.9. The van der Waals surface area contributed by atoms with Crippen molar-refractivity contribution in [3.63, 3.8) is 0 Å². The van der Waals surface area contributed by atoms with Crippen LogP contribution >= 0.6 is 27.3 Å². The van der Waals surface area contributed by atoms with Gasteiger partial charge < -0.3 is 20.1 Å². The molecule has 2 rings (SSSR count). The SMILES string of the molecule is COc1ccc(CCNC(=O)NCc2ccc(Br)s2)cc1OC. The summed E-state index contributed by atoms with van der Waals surface area (Å²) in [5.41, 5.74) is 1.07. The van der Waals surface area contributed by atoms with Gasteiger partial charge in [0.2, 0.25) is 0 Å². The Balaban J connectivity index is 1.74. The van der Waals surface area contributed by atoms with Crippen molar-refractivity contribution in [1.82, 2.24) is 10.6 Å². The number of nitrogens with one attached hydrogen (secondary N) is 2. The molecule has 0 saturated heterocycles. The third kappa shape index (κ3) is 5.44. The van der Waals surface area contributed by atoms with E-state index in [2.05, 4.69) is 26.6 Å². The van der Waals surface area contributed by atoms with Crippen LogP contribution in [0.15, 0.2) is 34.1 Å². The van der Waals surface area contributed by atoms with Crippen LogP contribution in [0.2, 0.25) is 0 Å². The maximum absolute atomic E-state index is 11.8. The standard InChI is InChI=1S/C16H19BrN2O3S/c1-21-13-5-3-11(9-14(13)22-2)7-8-18-16(20)19-10-12-4-6-15(17)23-12/h3-6,9H,7-8,10H2,1-2H3,(H2,18,19,20). The monoisotopic (exact) mass is 398 g/mol. The quantitative estimate of drug-likeness (QED) is 0.749. The first kappa shape index (κ1) is 17.6. The third-order valence-corrected chi connectivity index (χ3v) is 4.82. The summed E-state index contributed by atoms with van der Waals surface area (Å²) in [7, 11) is 3.21. The van der Waals surface area contributed by atoms with Crippen LogP contribution < -0.4 is 20.1 Å². The van der Waals surface area contributed by atoms with Gasteiger partial charge in [-0.2, -0.15) is 0 Å². The Morgan fingerprint density at radius 1 is 1.13 bits per heavy atom. The number of amides is 2. The van der Waals surface area contributed by atoms with E-state index in [1.165, 1.54) is 0 Å². The summed E-state index contributed by atoms with van der Waals surface area (Å²) < 4.78 is 11.5. The molecule has 0 aliphatic carbocycles. The fourth-order valence-corrected chi connectivity index (χ4v) is 3.46. The molecule has 1 heterocycles. The van der Waals surface area contributed by atoms with Gasteiger partial charge in [0, 0.05) is 11.4 Å². The zero-order valence-electron chi connectivity index (χ0n) is 13.0. The molecule has 0 radical (unpaired) electrons. The van der Waals surface area contributed by atoms with E-state index in [1.54, 1.807) is 25.6 Å². The Morgan fingerprint density at radius 3 is 2.57 bits per heavy atom. The Kier molecular flexibility index (Phi) is 6.73. The summed E-state index contributed by atoms with van der Waals surface area (Å²) in [6.45, 7) is 1.08. The Hall–Kier alpha value is -1.73. The fourth-order valence-electron chi connectivity index (χ4n) is 2.03. The van der Waals surface area contributed by atoms with E-state index < -0.39 is 0 Å². The van der Waals surface area contributed by atoms with Crippen LogP contribution in [0.25, 0.3) is 0 Å². The lowest BCUT2D eigenvalue weighted by atomic mass is 10.1. The van der Waals surface area contributed by atoms with Crippen LogP contribution in [0.3, 0.4) is 0 Å². The van der Waals surface area contributed by atoms with Crippen LogP contribution in [-0.4, -0.2) is 26.8 Å². The molecular formula is C16H19BrN2O3S. The van der Waals surface area contributed by atoms with Crippen molar-refractivity contribution < 1.29 is 14.3 Å². The number of hydrogen-bond donors (Lipinski definition) is 2. The lowest BCUT2D eigenvalue weighted by molar-refractivity contribution is 0.240. The molecule has 2 amide bonds. The first-order valence-corrected chi connectivity index (χ1v) is 8.70. The molecule has 0 aliphatic rings. The van der Waals surface area contributed by atoms with Gasteiger partial charge in [0.05, 0.1) is 24.6 Å². The number of hydrogen-bond acceptors (Lipinski definition) is 4. The molecule has 0 atom stereocenters. The summed E-state index contributed by atoms with van der Waals surface area (Å²) in [6.07, 6.45) is 0.721. The van der Waals surface area contributed by atoms with Gasteiger partial charge in [0.1, 0.15) is 0 Å². The molecule has 2 aromatic rings. The minimum atomic E-state index is -0.171. The van der Waals surface area contributed by atoms with Crippen LogP contribution in [-0.2, 0) is 13.0 Å². The molecule has 124 valence electrons. The largest absolute Gasteiger partial charge is 0.493 e. The first-order chi connectivity index (χ1) is 11.1. The van der Waals surface area contributed by atoms with Crippen molar-refractivity contribution in [3.05, 3.63) is 44.6 Å². The van der Waals surface area contributed by atoms with Crippen molar-refractivity contribution in [3.8, 4) is 11.5 Å². The molecule has 0 saturated carbocycles. The smallest absolute Gasteiger partial charge is 0.315 e. The fraction of sp³-hybridized carbons (Fsp3) is 0.312. The Bertz CT molecular complexity index is 661. The van der Waals surface area contributed by atoms with Gasteiger partial charge in [0.15, 0.2) is 11.5 Å². The average molecular weight is 399 g/mol. The molecular weight excluding hydrogens is 380 g/mol. The molecule has 5 nitrogen and oxygen atoms in total. The molecule has 1 aromatic heterocycles. The highest BCUT2D eigenvalue weighted by atomic mass is 79.9. The van der Waals surface area contributed by atoms with Crippen molar-refractivity contribution in [2.24, 2.45) is 0 Å². The molecule has 0 bridgehead atoms. The van der Waals surface area contributed by atoms with Gasteiger partial charge in [-0.3, -0.25) is 0 Å². The molecule has 0 aliphatic heterocycles. The highest BCUT2D eigenvalue weighted by Gasteiger charge is 2.06. The minimum absolute atomic E-state index is 0.171. The van der Waals surface area contributed by atoms with E-state index in [9.17, 15) is 4.79 Å². The highest BCUT2D eigenvalue weighted by Crippen LogP contribution is 2.27. The van der Waals surface area contributed by atoms with Gasteiger partial charge in [-0.05, 0) is 52.2 Å². The van der Waals surface area contributed by atoms with E-state index in [4.69, 9.17) is 9.47 Å². The number of carbonyl (C=O) groups excluding carboxylic acids is 1. The molecule has 0 fully saturated rings. The van der Waals surface area contributed by atoms with Crippen LogP contribution in [0.1, 0.15) is 10.4 Å². The topological polar surface area (TPSA) is 59.6 Å². The Morgan fingerprint density at radius 2 is 1.91 bits per heavy atom. The second-order valence-corrected chi connectivity index (χ2v) is 7.30. The first-order valence-electron chi connectivity index (χ1n) is 7.09. The molecule has 0 unspecified atom stereocenters. The van der Waals surface area contributed by atoms with Gasteiger partial charge >= 0.3 is 6.03 Å². The molecule has 2 N–H and O–H groups in total. The number of carbonyl (C=O) groups is 1. The number of benzene rings is 1. The predicted molar refractivity (Wildman–Crippen MR) is 95.5 cm³/mol. The zero-order chi connectivity index (χ0) is 16.7. The number of methoxy groups -OCH3 is 2. The molecule has 7 heteroatoms. The zero-order valence-corrected chi connectivity index (χ0v) is 15.4. The maximum Gasteiger partial charge on any atom is 0.315 e. The highest BCUT2D eigenvalue weighted by molar-refractivity contribution is 9.11. The van der Waals surface area contributed by atoms with Crippen molar-refractivity contribution in [1.29, 1.82) is 0 Å². The summed E-state index contributed by atoms with van der Waals surface area (Å²) in [5, 5.41) is 5.68. The van der Waals surface area contributed by atoms with Crippen molar-refractivity contribution in [2.75, 3.05) is 20.8 Å². The molecule has 1 aromatic carbocycles. The van der Waals surface area contributed by atoms with Gasteiger partial charge in [-0.25, -0.2) is 4.79 Å². The van der Waals surface area contributed by atoms with Crippen LogP contribution in [0.5, 0.6) is 11.5 Å². The summed E-state index contributed by atoms with van der Waals surface area (Å²) in [6, 6.07) is 9.53.